The Bertz CT molecular complexity index is 1660. The molecule has 198 valence electrons. The molecular formula is C28H31ClN6O2S. The fourth-order valence-corrected chi connectivity index (χ4v) is 5.58. The zero-order valence-electron chi connectivity index (χ0n) is 21.8. The molecule has 1 atom stereocenters. The van der Waals surface area contributed by atoms with E-state index in [4.69, 9.17) is 11.6 Å². The number of likely N-dealkylation sites (N-methyl/N-ethyl adjacent to an activating group) is 1. The summed E-state index contributed by atoms with van der Waals surface area (Å²) in [5.41, 5.74) is 3.27. The Morgan fingerprint density at radius 3 is 2.42 bits per heavy atom. The molecule has 0 saturated carbocycles. The summed E-state index contributed by atoms with van der Waals surface area (Å²) in [6.45, 7) is 6.43. The Hall–Kier alpha value is -3.40. The summed E-state index contributed by atoms with van der Waals surface area (Å²) in [6, 6.07) is 15.0. The third-order valence-corrected chi connectivity index (χ3v) is 8.44. The second-order valence-corrected chi connectivity index (χ2v) is 12.6. The average molecular weight is 551 g/mol. The predicted octanol–water partition coefficient (Wildman–Crippen LogP) is 4.33. The normalized spacial score (nSPS) is 15.9. The lowest BCUT2D eigenvalue weighted by molar-refractivity contribution is 0.313. The molecule has 4 aromatic rings. The van der Waals surface area contributed by atoms with Crippen LogP contribution in [0.2, 0.25) is 5.02 Å². The number of benzene rings is 2. The topological polar surface area (TPSA) is 83.4 Å². The molecule has 3 heterocycles. The van der Waals surface area contributed by atoms with Gasteiger partial charge in [-0.15, -0.1) is 0 Å². The van der Waals surface area contributed by atoms with Gasteiger partial charge in [-0.3, -0.25) is 13.6 Å². The molecule has 0 spiro atoms. The summed E-state index contributed by atoms with van der Waals surface area (Å²) in [6.07, 6.45) is 3.26. The molecule has 0 radical (unpaired) electrons. The highest BCUT2D eigenvalue weighted by molar-refractivity contribution is 7.99. The van der Waals surface area contributed by atoms with Crippen LogP contribution in [-0.4, -0.2) is 69.0 Å². The van der Waals surface area contributed by atoms with Crippen LogP contribution < -0.4 is 15.8 Å². The molecule has 1 N–H and O–H groups in total. The van der Waals surface area contributed by atoms with Gasteiger partial charge in [0.1, 0.15) is 5.65 Å². The number of fused-ring (bicyclic) bond motifs is 1. The van der Waals surface area contributed by atoms with Gasteiger partial charge in [0.25, 0.3) is 5.56 Å². The Morgan fingerprint density at radius 2 is 1.76 bits per heavy atom. The molecule has 1 aliphatic heterocycles. The molecule has 0 aliphatic carbocycles. The number of nitrogens with zero attached hydrogens (tertiary/aromatic N) is 5. The van der Waals surface area contributed by atoms with Gasteiger partial charge in [-0.1, -0.05) is 11.6 Å². The van der Waals surface area contributed by atoms with E-state index in [2.05, 4.69) is 50.1 Å². The van der Waals surface area contributed by atoms with Crippen LogP contribution in [-0.2, 0) is 16.1 Å². The van der Waals surface area contributed by atoms with Crippen LogP contribution in [0.3, 0.4) is 0 Å². The van der Waals surface area contributed by atoms with Gasteiger partial charge in [0.05, 0.1) is 0 Å². The van der Waals surface area contributed by atoms with Crippen LogP contribution in [0.25, 0.3) is 22.2 Å². The molecule has 2 aromatic heterocycles. The van der Waals surface area contributed by atoms with Crippen LogP contribution in [0, 0.1) is 0 Å². The van der Waals surface area contributed by atoms with Crippen molar-refractivity contribution in [1.29, 1.82) is 0 Å². The number of halogens is 1. The van der Waals surface area contributed by atoms with Gasteiger partial charge in [0.2, 0.25) is 5.95 Å². The zero-order valence-corrected chi connectivity index (χ0v) is 23.3. The van der Waals surface area contributed by atoms with Gasteiger partial charge >= 0.3 is 0 Å². The molecule has 1 aliphatic rings. The molecule has 38 heavy (non-hydrogen) atoms. The molecule has 8 nitrogen and oxygen atoms in total. The van der Waals surface area contributed by atoms with E-state index in [0.717, 1.165) is 31.9 Å². The van der Waals surface area contributed by atoms with E-state index in [-0.39, 0.29) is 5.56 Å². The Balaban J connectivity index is 1.47. The first-order chi connectivity index (χ1) is 18.1. The highest BCUT2D eigenvalue weighted by Crippen LogP contribution is 2.30. The third kappa shape index (κ3) is 5.27. The van der Waals surface area contributed by atoms with Crippen LogP contribution in [0.1, 0.15) is 6.92 Å². The zero-order chi connectivity index (χ0) is 27.0. The fraction of sp³-hybridized carbons (Fsp3) is 0.286. The lowest BCUT2D eigenvalue weighted by Gasteiger charge is -2.34. The molecule has 0 amide bonds. The van der Waals surface area contributed by atoms with Crippen molar-refractivity contribution >= 4 is 55.3 Å². The molecule has 1 saturated heterocycles. The summed E-state index contributed by atoms with van der Waals surface area (Å²) in [4.78, 5) is 28.0. The van der Waals surface area contributed by atoms with Crippen molar-refractivity contribution in [1.82, 2.24) is 19.4 Å². The van der Waals surface area contributed by atoms with Crippen molar-refractivity contribution in [2.24, 2.45) is 0 Å². The minimum Gasteiger partial charge on any atom is -0.369 e. The molecule has 5 rings (SSSR count). The van der Waals surface area contributed by atoms with E-state index in [1.165, 1.54) is 5.69 Å². The van der Waals surface area contributed by atoms with E-state index in [1.807, 2.05) is 19.1 Å². The second-order valence-electron chi connectivity index (χ2n) is 9.69. The summed E-state index contributed by atoms with van der Waals surface area (Å²) >= 11 is 6.47. The van der Waals surface area contributed by atoms with Crippen molar-refractivity contribution in [2.45, 2.75) is 18.4 Å². The number of pyridine rings is 1. The van der Waals surface area contributed by atoms with E-state index >= 15 is 0 Å². The van der Waals surface area contributed by atoms with Crippen molar-refractivity contribution in [3.05, 3.63) is 70.1 Å². The van der Waals surface area contributed by atoms with E-state index in [9.17, 15) is 9.00 Å². The van der Waals surface area contributed by atoms with Gasteiger partial charge in [0.15, 0.2) is 0 Å². The summed E-state index contributed by atoms with van der Waals surface area (Å²) in [7, 11) is -0.327. The van der Waals surface area contributed by atoms with E-state index in [0.29, 0.717) is 44.6 Å². The van der Waals surface area contributed by atoms with Crippen molar-refractivity contribution in [3.63, 3.8) is 0 Å². The van der Waals surface area contributed by atoms with Crippen molar-refractivity contribution in [2.75, 3.05) is 49.7 Å². The fourth-order valence-electron chi connectivity index (χ4n) is 4.63. The van der Waals surface area contributed by atoms with Crippen LogP contribution in [0.4, 0.5) is 17.3 Å². The molecule has 1 fully saturated rings. The van der Waals surface area contributed by atoms with Crippen molar-refractivity contribution in [3.8, 4) is 11.1 Å². The highest BCUT2D eigenvalue weighted by Gasteiger charge is 2.17. The van der Waals surface area contributed by atoms with E-state index in [1.54, 1.807) is 41.3 Å². The lowest BCUT2D eigenvalue weighted by Crippen LogP contribution is -2.44. The highest BCUT2D eigenvalue weighted by atomic mass is 35.5. The van der Waals surface area contributed by atoms with Crippen molar-refractivity contribution < 1.29 is 4.21 Å². The van der Waals surface area contributed by atoms with Crippen LogP contribution >= 0.6 is 11.6 Å². The predicted molar refractivity (Wildman–Crippen MR) is 159 cm³/mol. The molecule has 10 heteroatoms. The first-order valence-corrected chi connectivity index (χ1v) is 15.0. The summed E-state index contributed by atoms with van der Waals surface area (Å²) < 4.78 is 14.1. The van der Waals surface area contributed by atoms with E-state index < -0.39 is 9.52 Å². The van der Waals surface area contributed by atoms with Crippen LogP contribution in [0.5, 0.6) is 0 Å². The minimum absolute atomic E-state index is 0.230. The molecule has 2 aromatic carbocycles. The smallest absolute Gasteiger partial charge is 0.260 e. The number of hydrogen-bond acceptors (Lipinski definition) is 7. The second kappa shape index (κ2) is 10.4. The summed E-state index contributed by atoms with van der Waals surface area (Å²) in [5, 5.41) is 4.36. The van der Waals surface area contributed by atoms with Gasteiger partial charge in [0, 0.05) is 83.0 Å². The number of rotatable bonds is 6. The Morgan fingerprint density at radius 1 is 1.05 bits per heavy atom. The monoisotopic (exact) mass is 550 g/mol. The minimum atomic E-state index is -2.47. The number of hydrogen-bond donors (Lipinski definition) is 1. The number of anilines is 3. The van der Waals surface area contributed by atoms with Gasteiger partial charge in [-0.2, -0.15) is 4.98 Å². The maximum absolute atomic E-state index is 13.5. The molecule has 1 unspecified atom stereocenters. The van der Waals surface area contributed by atoms with Crippen LogP contribution in [0.15, 0.2) is 64.4 Å². The number of piperazine rings is 1. The molecule has 0 bridgehead atoms. The quantitative estimate of drug-likeness (QED) is 0.358. The maximum atomic E-state index is 13.5. The maximum Gasteiger partial charge on any atom is 0.260 e. The first-order valence-electron chi connectivity index (χ1n) is 12.5. The first kappa shape index (κ1) is 26.2. The largest absolute Gasteiger partial charge is 0.369 e. The number of aryl methyl sites for hydroxylation is 1. The number of nitrogens with one attached hydrogen (secondary N) is 1. The SMILES string of the molecule is C=S(C)(=O)c1ccc(Cl)c(-c2cc3cnc(Nc4ccc(N5CCN(C)CC5)cc4)nc3n(CC)c2=O)c1. The molecular weight excluding hydrogens is 520 g/mol. The van der Waals surface area contributed by atoms with Gasteiger partial charge in [-0.25, -0.2) is 4.98 Å². The van der Waals surface area contributed by atoms with Gasteiger partial charge < -0.3 is 15.1 Å². The lowest BCUT2D eigenvalue weighted by atomic mass is 10.1. The Labute approximate surface area is 227 Å². The van der Waals surface area contributed by atoms with Gasteiger partial charge in [-0.05, 0) is 77.9 Å². The Kier molecular flexibility index (Phi) is 7.17. The average Bonchev–Trinajstić information content (AvgIpc) is 2.89. The summed E-state index contributed by atoms with van der Waals surface area (Å²) in [5.74, 6) is 4.16. The third-order valence-electron chi connectivity index (χ3n) is 6.86. The standard InChI is InChI=1S/C28H31ClN6O2S/c1-5-35-26-19(16-24(27(35)36)23-17-22(38(3,4)37)10-11-25(23)29)18-30-28(32-26)31-20-6-8-21(9-7-20)34-14-12-33(2)13-15-34/h6-11,16-18H,3,5,12-15H2,1-2,4H3,(H,30,31,32). The number of aromatic nitrogens is 3.